The fourth-order valence-corrected chi connectivity index (χ4v) is 2.79. The summed E-state index contributed by atoms with van der Waals surface area (Å²) >= 11 is 0. The smallest absolute Gasteiger partial charge is 0.0693 e. The summed E-state index contributed by atoms with van der Waals surface area (Å²) in [6, 6.07) is 0.478. The topological polar surface area (TPSA) is 21.3 Å². The lowest BCUT2D eigenvalue weighted by Gasteiger charge is -2.43. The molecule has 0 aromatic heterocycles. The largest absolute Gasteiger partial charge is 0.380 e. The van der Waals surface area contributed by atoms with Crippen molar-refractivity contribution in [2.24, 2.45) is 11.3 Å². The van der Waals surface area contributed by atoms with Gasteiger partial charge in [0.1, 0.15) is 0 Å². The van der Waals surface area contributed by atoms with Gasteiger partial charge in [0.2, 0.25) is 0 Å². The molecule has 2 aliphatic carbocycles. The van der Waals surface area contributed by atoms with E-state index in [0.29, 0.717) is 17.6 Å². The first-order valence-electron chi connectivity index (χ1n) is 6.44. The molecule has 1 N–H and O–H groups in total. The van der Waals surface area contributed by atoms with Crippen molar-refractivity contribution in [1.82, 2.24) is 5.32 Å². The van der Waals surface area contributed by atoms with Gasteiger partial charge >= 0.3 is 0 Å². The maximum Gasteiger partial charge on any atom is 0.0693 e. The summed E-state index contributed by atoms with van der Waals surface area (Å²) in [6.45, 7) is 5.59. The van der Waals surface area contributed by atoms with E-state index in [2.05, 4.69) is 19.2 Å². The Morgan fingerprint density at radius 3 is 2.40 bits per heavy atom. The second kappa shape index (κ2) is 4.42. The van der Waals surface area contributed by atoms with Gasteiger partial charge in [-0.1, -0.05) is 6.42 Å². The van der Waals surface area contributed by atoms with Crippen LogP contribution < -0.4 is 5.32 Å². The van der Waals surface area contributed by atoms with E-state index in [1.807, 2.05) is 0 Å². The van der Waals surface area contributed by atoms with Gasteiger partial charge in [0, 0.05) is 19.7 Å². The third kappa shape index (κ3) is 2.36. The van der Waals surface area contributed by atoms with Crippen molar-refractivity contribution in [2.45, 2.75) is 58.1 Å². The molecule has 0 aromatic rings. The number of methoxy groups -OCH3 is 1. The van der Waals surface area contributed by atoms with Gasteiger partial charge in [-0.3, -0.25) is 0 Å². The number of rotatable bonds is 6. The molecule has 0 bridgehead atoms. The van der Waals surface area contributed by atoms with E-state index < -0.39 is 0 Å². The van der Waals surface area contributed by atoms with Crippen LogP contribution in [0.25, 0.3) is 0 Å². The SMILES string of the molecule is COC(C)C(C)NCC1(C2CC2)CCC1. The minimum Gasteiger partial charge on any atom is -0.380 e. The number of hydrogen-bond acceptors (Lipinski definition) is 2. The van der Waals surface area contributed by atoms with Gasteiger partial charge in [0.25, 0.3) is 0 Å². The Morgan fingerprint density at radius 1 is 1.33 bits per heavy atom. The molecule has 2 aliphatic rings. The number of ether oxygens (including phenoxy) is 1. The Hall–Kier alpha value is -0.0800. The highest BCUT2D eigenvalue weighted by Crippen LogP contribution is 2.56. The molecule has 2 fully saturated rings. The molecule has 0 heterocycles. The van der Waals surface area contributed by atoms with Crippen LogP contribution in [-0.4, -0.2) is 25.8 Å². The van der Waals surface area contributed by atoms with Crippen molar-refractivity contribution in [2.75, 3.05) is 13.7 Å². The fraction of sp³-hybridized carbons (Fsp3) is 1.00. The third-order valence-corrected chi connectivity index (χ3v) is 4.64. The van der Waals surface area contributed by atoms with Crippen molar-refractivity contribution in [3.05, 3.63) is 0 Å². The first-order chi connectivity index (χ1) is 7.18. The summed E-state index contributed by atoms with van der Waals surface area (Å²) < 4.78 is 5.34. The van der Waals surface area contributed by atoms with Gasteiger partial charge in [-0.05, 0) is 50.9 Å². The number of nitrogens with one attached hydrogen (secondary N) is 1. The van der Waals surface area contributed by atoms with Crippen LogP contribution in [0.2, 0.25) is 0 Å². The van der Waals surface area contributed by atoms with Crippen molar-refractivity contribution in [3.8, 4) is 0 Å². The minimum absolute atomic E-state index is 0.321. The molecule has 0 amide bonds. The van der Waals surface area contributed by atoms with Gasteiger partial charge in [0.05, 0.1) is 6.10 Å². The van der Waals surface area contributed by atoms with Crippen molar-refractivity contribution >= 4 is 0 Å². The summed E-state index contributed by atoms with van der Waals surface area (Å²) in [5.74, 6) is 1.05. The van der Waals surface area contributed by atoms with Crippen LogP contribution in [0.15, 0.2) is 0 Å². The Balaban J connectivity index is 1.76. The predicted molar refractivity (Wildman–Crippen MR) is 62.9 cm³/mol. The zero-order valence-corrected chi connectivity index (χ0v) is 10.4. The molecule has 2 unspecified atom stereocenters. The summed E-state index contributed by atoms with van der Waals surface area (Å²) in [6.07, 6.45) is 7.65. The van der Waals surface area contributed by atoms with Gasteiger partial charge in [-0.2, -0.15) is 0 Å². The first kappa shape index (κ1) is 11.4. The van der Waals surface area contributed by atoms with Crippen LogP contribution in [0, 0.1) is 11.3 Å². The van der Waals surface area contributed by atoms with Crippen molar-refractivity contribution < 1.29 is 4.74 Å². The summed E-state index contributed by atoms with van der Waals surface area (Å²) in [5.41, 5.74) is 0.682. The molecule has 2 nitrogen and oxygen atoms in total. The molecule has 2 saturated carbocycles. The van der Waals surface area contributed by atoms with E-state index >= 15 is 0 Å². The molecule has 2 atom stereocenters. The highest BCUT2D eigenvalue weighted by atomic mass is 16.5. The molecule has 2 heteroatoms. The highest BCUT2D eigenvalue weighted by molar-refractivity contribution is 5.01. The monoisotopic (exact) mass is 211 g/mol. The zero-order chi connectivity index (χ0) is 10.9. The summed E-state index contributed by atoms with van der Waals surface area (Å²) in [7, 11) is 1.79. The lowest BCUT2D eigenvalue weighted by atomic mass is 9.65. The first-order valence-corrected chi connectivity index (χ1v) is 6.44. The van der Waals surface area contributed by atoms with Crippen LogP contribution in [0.1, 0.15) is 46.0 Å². The van der Waals surface area contributed by atoms with Crippen LogP contribution in [0.4, 0.5) is 0 Å². The van der Waals surface area contributed by atoms with E-state index in [0.717, 1.165) is 5.92 Å². The maximum atomic E-state index is 5.34. The standard InChI is InChI=1S/C13H25NO/c1-10(11(2)15-3)14-9-13(7-4-8-13)12-5-6-12/h10-12,14H,4-9H2,1-3H3. The Labute approximate surface area is 93.8 Å². The molecule has 0 aromatic carbocycles. The summed E-state index contributed by atoms with van der Waals surface area (Å²) in [5, 5.41) is 3.67. The van der Waals surface area contributed by atoms with Gasteiger partial charge in [-0.15, -0.1) is 0 Å². The molecular formula is C13H25NO. The van der Waals surface area contributed by atoms with Gasteiger partial charge in [-0.25, -0.2) is 0 Å². The molecule has 2 rings (SSSR count). The van der Waals surface area contributed by atoms with Crippen LogP contribution in [-0.2, 0) is 4.74 Å². The minimum atomic E-state index is 0.321. The lowest BCUT2D eigenvalue weighted by molar-refractivity contribution is 0.0599. The van der Waals surface area contributed by atoms with Crippen molar-refractivity contribution in [1.29, 1.82) is 0 Å². The second-order valence-electron chi connectivity index (χ2n) is 5.60. The van der Waals surface area contributed by atoms with Gasteiger partial charge in [0.15, 0.2) is 0 Å². The van der Waals surface area contributed by atoms with Crippen LogP contribution >= 0.6 is 0 Å². The van der Waals surface area contributed by atoms with E-state index in [9.17, 15) is 0 Å². The average Bonchev–Trinajstić information content (AvgIpc) is 2.98. The van der Waals surface area contributed by atoms with E-state index in [1.54, 1.807) is 7.11 Å². The molecule has 0 spiro atoms. The average molecular weight is 211 g/mol. The zero-order valence-electron chi connectivity index (χ0n) is 10.4. The lowest BCUT2D eigenvalue weighted by Crippen LogP contribution is -2.47. The molecule has 0 aliphatic heterocycles. The van der Waals surface area contributed by atoms with Crippen LogP contribution in [0.3, 0.4) is 0 Å². The Kier molecular flexibility index (Phi) is 3.36. The van der Waals surface area contributed by atoms with E-state index in [1.165, 1.54) is 38.6 Å². The maximum absolute atomic E-state index is 5.34. The second-order valence-corrected chi connectivity index (χ2v) is 5.60. The molecule has 0 radical (unpaired) electrons. The Morgan fingerprint density at radius 2 is 2.00 bits per heavy atom. The normalized spacial score (nSPS) is 28.2. The molecule has 88 valence electrons. The van der Waals surface area contributed by atoms with E-state index in [4.69, 9.17) is 4.74 Å². The third-order valence-electron chi connectivity index (χ3n) is 4.64. The summed E-state index contributed by atoms with van der Waals surface area (Å²) in [4.78, 5) is 0. The Bertz CT molecular complexity index is 209. The molecule has 15 heavy (non-hydrogen) atoms. The highest BCUT2D eigenvalue weighted by Gasteiger charge is 2.48. The fourth-order valence-electron chi connectivity index (χ4n) is 2.79. The quantitative estimate of drug-likeness (QED) is 0.729. The van der Waals surface area contributed by atoms with E-state index in [-0.39, 0.29) is 0 Å². The van der Waals surface area contributed by atoms with Gasteiger partial charge < -0.3 is 10.1 Å². The predicted octanol–water partition coefficient (Wildman–Crippen LogP) is 2.58. The number of hydrogen-bond donors (Lipinski definition) is 1. The van der Waals surface area contributed by atoms with Crippen molar-refractivity contribution in [3.63, 3.8) is 0 Å². The molecular weight excluding hydrogens is 186 g/mol. The molecule has 0 saturated heterocycles. The van der Waals surface area contributed by atoms with Crippen LogP contribution in [0.5, 0.6) is 0 Å².